The van der Waals surface area contributed by atoms with Crippen molar-refractivity contribution in [3.05, 3.63) is 28.8 Å². The van der Waals surface area contributed by atoms with Crippen LogP contribution in [0.5, 0.6) is 5.75 Å². The molecule has 0 radical (unpaired) electrons. The van der Waals surface area contributed by atoms with E-state index < -0.39 is 0 Å². The highest BCUT2D eigenvalue weighted by Crippen LogP contribution is 2.59. The first-order valence-electron chi connectivity index (χ1n) is 8.75. The van der Waals surface area contributed by atoms with E-state index in [-0.39, 0.29) is 5.41 Å². The first-order chi connectivity index (χ1) is 10.5. The molecular weight excluding hydrogens is 272 g/mol. The number of aryl methyl sites for hydroxylation is 2. The molecule has 2 saturated carbocycles. The summed E-state index contributed by atoms with van der Waals surface area (Å²) in [5.74, 6) is 3.55. The molecule has 2 heteroatoms. The predicted octanol–water partition coefficient (Wildman–Crippen LogP) is 4.43. The maximum absolute atomic E-state index is 12.4. The Labute approximate surface area is 133 Å². The highest BCUT2D eigenvalue weighted by atomic mass is 16.5. The van der Waals surface area contributed by atoms with E-state index in [0.717, 1.165) is 31.4 Å². The van der Waals surface area contributed by atoms with E-state index in [9.17, 15) is 4.79 Å². The molecule has 2 nitrogen and oxygen atoms in total. The van der Waals surface area contributed by atoms with Crippen LogP contribution in [0, 0.1) is 24.2 Å². The molecule has 4 atom stereocenters. The van der Waals surface area contributed by atoms with Gasteiger partial charge in [-0.05, 0) is 79.5 Å². The normalized spacial score (nSPS) is 36.5. The van der Waals surface area contributed by atoms with E-state index in [4.69, 9.17) is 4.74 Å². The maximum Gasteiger partial charge on any atom is 0.139 e. The van der Waals surface area contributed by atoms with Crippen LogP contribution in [0.4, 0.5) is 0 Å². The number of Topliss-reactive ketones (excluding diaryl/α,β-unsaturated/α-hetero) is 1. The van der Waals surface area contributed by atoms with Gasteiger partial charge in [0.15, 0.2) is 0 Å². The third-order valence-electron chi connectivity index (χ3n) is 6.95. The first-order valence-corrected chi connectivity index (χ1v) is 8.75. The minimum atomic E-state index is -0.0137. The standard InChI is InChI=1S/C20H26O2/c1-12-10-16-13(11-18(12)22-3)4-5-15-14(16)8-9-20(2)17(15)6-7-19(20)21/h10-11,14-15,17H,4-9H2,1-3H3/t14-,15-,17+,20+/m0/s1. The maximum atomic E-state index is 12.4. The van der Waals surface area contributed by atoms with Gasteiger partial charge in [0.1, 0.15) is 11.5 Å². The number of carbonyl (C=O) groups excluding carboxylic acids is 1. The van der Waals surface area contributed by atoms with Gasteiger partial charge in [-0.1, -0.05) is 13.0 Å². The molecule has 0 aliphatic heterocycles. The number of ether oxygens (including phenoxy) is 1. The Morgan fingerprint density at radius 2 is 2.00 bits per heavy atom. The molecule has 22 heavy (non-hydrogen) atoms. The fourth-order valence-electron chi connectivity index (χ4n) is 5.70. The summed E-state index contributed by atoms with van der Waals surface area (Å²) < 4.78 is 5.50. The monoisotopic (exact) mass is 298 g/mol. The van der Waals surface area contributed by atoms with Crippen molar-refractivity contribution >= 4 is 5.78 Å². The lowest BCUT2D eigenvalue weighted by Gasteiger charge is -2.48. The van der Waals surface area contributed by atoms with Gasteiger partial charge in [-0.15, -0.1) is 0 Å². The van der Waals surface area contributed by atoms with Crippen molar-refractivity contribution in [2.45, 2.75) is 58.3 Å². The SMILES string of the molecule is COc1cc2c(cc1C)[C@H]1CC[C@@]3(C)C(=O)CC[C@@H]3[C@H]1CC2. The second-order valence-corrected chi connectivity index (χ2v) is 7.85. The van der Waals surface area contributed by atoms with Crippen molar-refractivity contribution in [2.24, 2.45) is 17.3 Å². The first kappa shape index (κ1) is 14.3. The van der Waals surface area contributed by atoms with Gasteiger partial charge in [0.05, 0.1) is 7.11 Å². The van der Waals surface area contributed by atoms with E-state index >= 15 is 0 Å². The van der Waals surface area contributed by atoms with Crippen LogP contribution < -0.4 is 4.74 Å². The van der Waals surface area contributed by atoms with Crippen LogP contribution in [0.2, 0.25) is 0 Å². The number of fused-ring (bicyclic) bond motifs is 5. The fraction of sp³-hybridized carbons (Fsp3) is 0.650. The van der Waals surface area contributed by atoms with Crippen molar-refractivity contribution in [1.29, 1.82) is 0 Å². The van der Waals surface area contributed by atoms with Gasteiger partial charge in [0.2, 0.25) is 0 Å². The summed E-state index contributed by atoms with van der Waals surface area (Å²) in [5.41, 5.74) is 4.27. The van der Waals surface area contributed by atoms with Crippen molar-refractivity contribution in [3.63, 3.8) is 0 Å². The van der Waals surface area contributed by atoms with Gasteiger partial charge in [-0.3, -0.25) is 4.79 Å². The van der Waals surface area contributed by atoms with Crippen LogP contribution in [-0.4, -0.2) is 12.9 Å². The van der Waals surface area contributed by atoms with Crippen LogP contribution >= 0.6 is 0 Å². The van der Waals surface area contributed by atoms with Crippen LogP contribution in [0.25, 0.3) is 0 Å². The van der Waals surface area contributed by atoms with E-state index in [0.29, 0.717) is 23.5 Å². The third-order valence-corrected chi connectivity index (χ3v) is 6.95. The molecular formula is C20H26O2. The zero-order chi connectivity index (χ0) is 15.5. The molecule has 0 N–H and O–H groups in total. The Hall–Kier alpha value is -1.31. The highest BCUT2D eigenvalue weighted by Gasteiger charge is 2.54. The Balaban J connectivity index is 1.73. The molecule has 0 bridgehead atoms. The number of hydrogen-bond donors (Lipinski definition) is 0. The van der Waals surface area contributed by atoms with Gasteiger partial charge in [0.25, 0.3) is 0 Å². The summed E-state index contributed by atoms with van der Waals surface area (Å²) >= 11 is 0. The Kier molecular flexibility index (Phi) is 3.15. The average Bonchev–Trinajstić information content (AvgIpc) is 2.82. The number of hydrogen-bond acceptors (Lipinski definition) is 2. The molecule has 4 rings (SSSR count). The van der Waals surface area contributed by atoms with Crippen LogP contribution in [0.3, 0.4) is 0 Å². The number of methoxy groups -OCH3 is 1. The molecule has 118 valence electrons. The number of carbonyl (C=O) groups is 1. The lowest BCUT2D eigenvalue weighted by Crippen LogP contribution is -2.42. The van der Waals surface area contributed by atoms with Crippen molar-refractivity contribution in [1.82, 2.24) is 0 Å². The van der Waals surface area contributed by atoms with Crippen LogP contribution in [-0.2, 0) is 11.2 Å². The Bertz CT molecular complexity index is 633. The molecule has 3 aliphatic rings. The minimum Gasteiger partial charge on any atom is -0.496 e. The molecule has 1 aromatic rings. The van der Waals surface area contributed by atoms with Gasteiger partial charge in [-0.25, -0.2) is 0 Å². The zero-order valence-corrected chi connectivity index (χ0v) is 13.9. The second-order valence-electron chi connectivity index (χ2n) is 7.85. The van der Waals surface area contributed by atoms with Gasteiger partial charge in [0, 0.05) is 11.8 Å². The summed E-state index contributed by atoms with van der Waals surface area (Å²) in [4.78, 5) is 12.4. The summed E-state index contributed by atoms with van der Waals surface area (Å²) in [5, 5.41) is 0. The van der Waals surface area contributed by atoms with E-state index in [1.165, 1.54) is 24.0 Å². The number of rotatable bonds is 1. The molecule has 3 aliphatic carbocycles. The second kappa shape index (κ2) is 4.84. The summed E-state index contributed by atoms with van der Waals surface area (Å²) in [6.45, 7) is 4.40. The smallest absolute Gasteiger partial charge is 0.139 e. The number of ketones is 1. The van der Waals surface area contributed by atoms with E-state index in [2.05, 4.69) is 26.0 Å². The lowest BCUT2D eigenvalue weighted by atomic mass is 9.55. The summed E-state index contributed by atoms with van der Waals surface area (Å²) in [6.07, 6.45) is 6.61. The average molecular weight is 298 g/mol. The molecule has 0 spiro atoms. The largest absolute Gasteiger partial charge is 0.496 e. The highest BCUT2D eigenvalue weighted by molar-refractivity contribution is 5.87. The van der Waals surface area contributed by atoms with Gasteiger partial charge < -0.3 is 4.74 Å². The Morgan fingerprint density at radius 3 is 2.77 bits per heavy atom. The Morgan fingerprint density at radius 1 is 1.18 bits per heavy atom. The molecule has 0 saturated heterocycles. The molecule has 0 heterocycles. The fourth-order valence-corrected chi connectivity index (χ4v) is 5.70. The van der Waals surface area contributed by atoms with Crippen LogP contribution in [0.15, 0.2) is 12.1 Å². The molecule has 0 aromatic heterocycles. The minimum absolute atomic E-state index is 0.0137. The molecule has 0 amide bonds. The summed E-state index contributed by atoms with van der Waals surface area (Å²) in [6, 6.07) is 4.62. The topological polar surface area (TPSA) is 26.3 Å². The third kappa shape index (κ3) is 1.82. The van der Waals surface area contributed by atoms with Crippen molar-refractivity contribution in [2.75, 3.05) is 7.11 Å². The van der Waals surface area contributed by atoms with Crippen molar-refractivity contribution in [3.8, 4) is 5.75 Å². The lowest BCUT2D eigenvalue weighted by molar-refractivity contribution is -0.129. The van der Waals surface area contributed by atoms with E-state index in [1.807, 2.05) is 0 Å². The predicted molar refractivity (Wildman–Crippen MR) is 87.4 cm³/mol. The molecule has 2 fully saturated rings. The quantitative estimate of drug-likeness (QED) is 0.766. The van der Waals surface area contributed by atoms with E-state index in [1.54, 1.807) is 12.7 Å². The molecule has 0 unspecified atom stereocenters. The van der Waals surface area contributed by atoms with Crippen LogP contribution in [0.1, 0.15) is 61.6 Å². The summed E-state index contributed by atoms with van der Waals surface area (Å²) in [7, 11) is 1.76. The van der Waals surface area contributed by atoms with Gasteiger partial charge >= 0.3 is 0 Å². The molecule has 1 aromatic carbocycles. The van der Waals surface area contributed by atoms with Crippen molar-refractivity contribution < 1.29 is 9.53 Å². The zero-order valence-electron chi connectivity index (χ0n) is 13.9. The number of benzene rings is 1. The van der Waals surface area contributed by atoms with Gasteiger partial charge in [-0.2, -0.15) is 0 Å².